The first-order valence-corrected chi connectivity index (χ1v) is 6.26. The van der Waals surface area contributed by atoms with Crippen LogP contribution in [0.15, 0.2) is 0 Å². The molecule has 0 aromatic carbocycles. The molecule has 76 valence electrons. The largest absolute Gasteiger partial charge is 0.462 e. The Labute approximate surface area is 84.4 Å². The third kappa shape index (κ3) is 3.59. The monoisotopic (exact) mass is 202 g/mol. The molecule has 0 aliphatic heterocycles. The maximum absolute atomic E-state index is 11.4. The second kappa shape index (κ2) is 5.53. The first-order chi connectivity index (χ1) is 6.24. The van der Waals surface area contributed by atoms with Crippen molar-refractivity contribution in [1.29, 1.82) is 0 Å². The average molecular weight is 202 g/mol. The summed E-state index contributed by atoms with van der Waals surface area (Å²) < 4.78 is 5.38. The first-order valence-electron chi connectivity index (χ1n) is 4.97. The molecule has 1 atom stereocenters. The van der Waals surface area contributed by atoms with Crippen LogP contribution in [0.4, 0.5) is 0 Å². The highest BCUT2D eigenvalue weighted by Gasteiger charge is 2.20. The van der Waals surface area contributed by atoms with Crippen molar-refractivity contribution >= 4 is 17.7 Å². The highest BCUT2D eigenvalue weighted by molar-refractivity contribution is 7.99. The van der Waals surface area contributed by atoms with Crippen LogP contribution in [-0.4, -0.2) is 23.6 Å². The molecule has 1 aliphatic rings. The standard InChI is InChI=1S/C10H18O2S/c1-8(13-2)10(11)12-9-6-4-3-5-7-9/h8-9H,3-7H2,1-2H3. The summed E-state index contributed by atoms with van der Waals surface area (Å²) in [6, 6.07) is 0. The van der Waals surface area contributed by atoms with Crippen molar-refractivity contribution in [2.45, 2.75) is 50.4 Å². The molecule has 0 aromatic rings. The smallest absolute Gasteiger partial charge is 0.319 e. The SMILES string of the molecule is CSC(C)C(=O)OC1CCCCC1. The lowest BCUT2D eigenvalue weighted by molar-refractivity contribution is -0.149. The van der Waals surface area contributed by atoms with E-state index in [4.69, 9.17) is 4.74 Å². The number of esters is 1. The van der Waals surface area contributed by atoms with E-state index in [1.54, 1.807) is 11.8 Å². The fourth-order valence-electron chi connectivity index (χ4n) is 1.54. The summed E-state index contributed by atoms with van der Waals surface area (Å²) in [6.07, 6.45) is 7.99. The minimum absolute atomic E-state index is 0.0121. The van der Waals surface area contributed by atoms with Gasteiger partial charge in [-0.1, -0.05) is 6.42 Å². The summed E-state index contributed by atoms with van der Waals surface area (Å²) in [5.74, 6) is -0.0422. The highest BCUT2D eigenvalue weighted by Crippen LogP contribution is 2.21. The maximum Gasteiger partial charge on any atom is 0.319 e. The highest BCUT2D eigenvalue weighted by atomic mass is 32.2. The third-order valence-corrected chi connectivity index (χ3v) is 3.42. The Morgan fingerprint density at radius 3 is 2.54 bits per heavy atom. The van der Waals surface area contributed by atoms with E-state index in [1.165, 1.54) is 19.3 Å². The van der Waals surface area contributed by atoms with Gasteiger partial charge in [0.25, 0.3) is 0 Å². The molecule has 1 unspecified atom stereocenters. The molecule has 2 nitrogen and oxygen atoms in total. The summed E-state index contributed by atoms with van der Waals surface area (Å²) in [5.41, 5.74) is 0. The lowest BCUT2D eigenvalue weighted by atomic mass is 9.98. The molecule has 13 heavy (non-hydrogen) atoms. The molecule has 0 spiro atoms. The second-order valence-corrected chi connectivity index (χ2v) is 4.75. The molecule has 0 saturated heterocycles. The number of ether oxygens (including phenoxy) is 1. The van der Waals surface area contributed by atoms with Crippen LogP contribution in [0.1, 0.15) is 39.0 Å². The molecule has 3 heteroatoms. The van der Waals surface area contributed by atoms with Gasteiger partial charge in [-0.05, 0) is 38.9 Å². The first kappa shape index (κ1) is 10.9. The van der Waals surface area contributed by atoms with Crippen molar-refractivity contribution in [3.8, 4) is 0 Å². The van der Waals surface area contributed by atoms with Gasteiger partial charge in [-0.3, -0.25) is 4.79 Å². The van der Waals surface area contributed by atoms with E-state index in [0.29, 0.717) is 0 Å². The van der Waals surface area contributed by atoms with Crippen molar-refractivity contribution in [2.75, 3.05) is 6.26 Å². The van der Waals surface area contributed by atoms with E-state index >= 15 is 0 Å². The molecule has 1 saturated carbocycles. The van der Waals surface area contributed by atoms with Gasteiger partial charge in [0.2, 0.25) is 0 Å². The van der Waals surface area contributed by atoms with Gasteiger partial charge in [0, 0.05) is 0 Å². The van der Waals surface area contributed by atoms with Gasteiger partial charge in [0.05, 0.1) is 5.25 Å². The van der Waals surface area contributed by atoms with Crippen molar-refractivity contribution < 1.29 is 9.53 Å². The Kier molecular flexibility index (Phi) is 4.64. The Balaban J connectivity index is 2.26. The predicted octanol–water partition coefficient (Wildman–Crippen LogP) is 2.61. The minimum atomic E-state index is -0.0422. The molecule has 0 amide bonds. The number of carbonyl (C=O) groups is 1. The summed E-state index contributed by atoms with van der Waals surface area (Å²) in [4.78, 5) is 11.4. The number of thioether (sulfide) groups is 1. The Hall–Kier alpha value is -0.180. The molecular formula is C10H18O2S. The number of hydrogen-bond acceptors (Lipinski definition) is 3. The minimum Gasteiger partial charge on any atom is -0.462 e. The summed E-state index contributed by atoms with van der Waals surface area (Å²) in [7, 11) is 0. The average Bonchev–Trinajstić information content (AvgIpc) is 2.18. The molecular weight excluding hydrogens is 184 g/mol. The van der Waals surface area contributed by atoms with Crippen LogP contribution >= 0.6 is 11.8 Å². The van der Waals surface area contributed by atoms with Gasteiger partial charge in [0.15, 0.2) is 0 Å². The third-order valence-electron chi connectivity index (χ3n) is 2.52. The van der Waals surface area contributed by atoms with Crippen LogP contribution < -0.4 is 0 Å². The normalized spacial score (nSPS) is 21.1. The summed E-state index contributed by atoms with van der Waals surface area (Å²) in [6.45, 7) is 1.90. The number of hydrogen-bond donors (Lipinski definition) is 0. The predicted molar refractivity (Wildman–Crippen MR) is 55.9 cm³/mol. The Bertz CT molecular complexity index is 164. The summed E-state index contributed by atoms with van der Waals surface area (Å²) >= 11 is 1.55. The van der Waals surface area contributed by atoms with E-state index in [1.807, 2.05) is 13.2 Å². The van der Waals surface area contributed by atoms with Gasteiger partial charge in [-0.2, -0.15) is 11.8 Å². The second-order valence-electron chi connectivity index (χ2n) is 3.57. The zero-order valence-electron chi connectivity index (χ0n) is 8.41. The van der Waals surface area contributed by atoms with Crippen molar-refractivity contribution in [3.05, 3.63) is 0 Å². The van der Waals surface area contributed by atoms with E-state index in [9.17, 15) is 4.79 Å². The fraction of sp³-hybridized carbons (Fsp3) is 0.900. The number of rotatable bonds is 3. The van der Waals surface area contributed by atoms with Crippen LogP contribution in [0, 0.1) is 0 Å². The molecule has 0 N–H and O–H groups in total. The van der Waals surface area contributed by atoms with Gasteiger partial charge >= 0.3 is 5.97 Å². The molecule has 0 heterocycles. The molecule has 1 rings (SSSR count). The van der Waals surface area contributed by atoms with Gasteiger partial charge in [-0.15, -0.1) is 0 Å². The van der Waals surface area contributed by atoms with E-state index in [0.717, 1.165) is 12.8 Å². The molecule has 0 bridgehead atoms. The zero-order valence-corrected chi connectivity index (χ0v) is 9.23. The Morgan fingerprint density at radius 2 is 2.00 bits per heavy atom. The van der Waals surface area contributed by atoms with Crippen molar-refractivity contribution in [1.82, 2.24) is 0 Å². The molecule has 0 radical (unpaired) electrons. The zero-order chi connectivity index (χ0) is 9.68. The quantitative estimate of drug-likeness (QED) is 0.658. The van der Waals surface area contributed by atoms with E-state index in [-0.39, 0.29) is 17.3 Å². The van der Waals surface area contributed by atoms with Crippen molar-refractivity contribution in [2.24, 2.45) is 0 Å². The fourth-order valence-corrected chi connectivity index (χ4v) is 1.79. The van der Waals surface area contributed by atoms with Gasteiger partial charge in [0.1, 0.15) is 6.10 Å². The maximum atomic E-state index is 11.4. The molecule has 1 aliphatic carbocycles. The van der Waals surface area contributed by atoms with Crippen molar-refractivity contribution in [3.63, 3.8) is 0 Å². The lowest BCUT2D eigenvalue weighted by Gasteiger charge is -2.22. The van der Waals surface area contributed by atoms with Crippen LogP contribution in [0.5, 0.6) is 0 Å². The van der Waals surface area contributed by atoms with Gasteiger partial charge in [-0.25, -0.2) is 0 Å². The molecule has 1 fully saturated rings. The van der Waals surface area contributed by atoms with E-state index < -0.39 is 0 Å². The topological polar surface area (TPSA) is 26.3 Å². The van der Waals surface area contributed by atoms with Gasteiger partial charge < -0.3 is 4.74 Å². The van der Waals surface area contributed by atoms with E-state index in [2.05, 4.69) is 0 Å². The van der Waals surface area contributed by atoms with Crippen LogP contribution in [0.3, 0.4) is 0 Å². The van der Waals surface area contributed by atoms with Crippen LogP contribution in [-0.2, 0) is 9.53 Å². The Morgan fingerprint density at radius 1 is 1.38 bits per heavy atom. The number of carbonyl (C=O) groups excluding carboxylic acids is 1. The van der Waals surface area contributed by atoms with Crippen LogP contribution in [0.25, 0.3) is 0 Å². The summed E-state index contributed by atoms with van der Waals surface area (Å²) in [5, 5.41) is -0.0121. The molecule has 0 aromatic heterocycles. The lowest BCUT2D eigenvalue weighted by Crippen LogP contribution is -2.25. The van der Waals surface area contributed by atoms with Crippen LogP contribution in [0.2, 0.25) is 0 Å².